The molecular formula is C22H33NO10S. The van der Waals surface area contributed by atoms with Crippen LogP contribution >= 0.6 is 0 Å². The van der Waals surface area contributed by atoms with E-state index in [-0.39, 0.29) is 36.8 Å². The molecule has 0 aliphatic rings. The molecule has 0 heterocycles. The fourth-order valence-corrected chi connectivity index (χ4v) is 3.60. The molecule has 192 valence electrons. The van der Waals surface area contributed by atoms with E-state index in [4.69, 9.17) is 18.4 Å². The quantitative estimate of drug-likeness (QED) is 0.127. The summed E-state index contributed by atoms with van der Waals surface area (Å²) in [4.78, 5) is 35.3. The van der Waals surface area contributed by atoms with Crippen LogP contribution in [0, 0.1) is 5.41 Å². The molecule has 0 saturated heterocycles. The molecule has 2 N–H and O–H groups in total. The van der Waals surface area contributed by atoms with E-state index in [1.807, 2.05) is 0 Å². The second-order valence-corrected chi connectivity index (χ2v) is 9.95. The Morgan fingerprint density at radius 2 is 1.76 bits per heavy atom. The van der Waals surface area contributed by atoms with Crippen LogP contribution in [0.4, 0.5) is 4.79 Å². The van der Waals surface area contributed by atoms with Crippen LogP contribution in [-0.2, 0) is 33.4 Å². The highest BCUT2D eigenvalue weighted by molar-refractivity contribution is 7.86. The summed E-state index contributed by atoms with van der Waals surface area (Å²) >= 11 is 0. The molecule has 1 rings (SSSR count). The Morgan fingerprint density at radius 1 is 1.12 bits per heavy atom. The predicted molar refractivity (Wildman–Crippen MR) is 121 cm³/mol. The van der Waals surface area contributed by atoms with Gasteiger partial charge < -0.3 is 24.6 Å². The lowest BCUT2D eigenvalue weighted by atomic mass is 9.87. The van der Waals surface area contributed by atoms with E-state index in [0.29, 0.717) is 6.42 Å². The van der Waals surface area contributed by atoms with E-state index < -0.39 is 46.7 Å². The molecule has 1 unspecified atom stereocenters. The van der Waals surface area contributed by atoms with Gasteiger partial charge in [-0.1, -0.05) is 39.0 Å². The minimum atomic E-state index is -3.95. The van der Waals surface area contributed by atoms with Crippen molar-refractivity contribution in [2.75, 3.05) is 18.9 Å². The van der Waals surface area contributed by atoms with Crippen molar-refractivity contribution in [3.63, 3.8) is 0 Å². The number of hydrogen-bond acceptors (Lipinski definition) is 10. The molecule has 34 heavy (non-hydrogen) atoms. The van der Waals surface area contributed by atoms with Gasteiger partial charge in [0.1, 0.15) is 5.75 Å². The Balaban J connectivity index is 2.61. The van der Waals surface area contributed by atoms with Gasteiger partial charge in [-0.3, -0.25) is 8.98 Å². The molecule has 1 aromatic rings. The normalized spacial score (nSPS) is 13.4. The zero-order valence-corrected chi connectivity index (χ0v) is 20.6. The largest absolute Gasteiger partial charge is 0.516 e. The number of para-hydroxylation sites is 1. The number of esters is 1. The minimum Gasteiger partial charge on any atom is -0.423 e. The van der Waals surface area contributed by atoms with E-state index in [0.717, 1.165) is 0 Å². The predicted octanol–water partition coefficient (Wildman–Crippen LogP) is 2.13. The van der Waals surface area contributed by atoms with Crippen molar-refractivity contribution in [2.24, 2.45) is 5.41 Å². The molecular weight excluding hydrogens is 470 g/mol. The third-order valence-corrected chi connectivity index (χ3v) is 5.73. The first kappa shape index (κ1) is 29.3. The molecule has 0 bridgehead atoms. The molecule has 12 heteroatoms. The fourth-order valence-electron chi connectivity index (χ4n) is 2.50. The summed E-state index contributed by atoms with van der Waals surface area (Å²) in [6.45, 7) is 5.60. The lowest BCUT2D eigenvalue weighted by molar-refractivity contribution is -0.187. The van der Waals surface area contributed by atoms with E-state index in [1.54, 1.807) is 37.3 Å². The van der Waals surface area contributed by atoms with Crippen molar-refractivity contribution in [2.45, 2.75) is 59.4 Å². The number of hydrogen-bond donors (Lipinski definition) is 2. The highest BCUT2D eigenvalue weighted by Gasteiger charge is 2.38. The molecule has 2 atom stereocenters. The lowest BCUT2D eigenvalue weighted by Gasteiger charge is -2.29. The molecule has 1 amide bonds. The Labute approximate surface area is 199 Å². The first-order valence-electron chi connectivity index (χ1n) is 10.8. The zero-order chi connectivity index (χ0) is 25.8. The fraction of sp³-hybridized carbons (Fsp3) is 0.591. The SMILES string of the molecule is CCCC(OC(=O)Oc1ccccc1)OC(=O)[C@H](O)C(C)(C)COS(=O)(=O)CCCNC(C)=O. The van der Waals surface area contributed by atoms with Crippen molar-refractivity contribution in [3.8, 4) is 5.75 Å². The number of aliphatic hydroxyl groups is 1. The van der Waals surface area contributed by atoms with Crippen LogP contribution < -0.4 is 10.1 Å². The Hall–Kier alpha value is -2.70. The van der Waals surface area contributed by atoms with E-state index in [9.17, 15) is 27.9 Å². The van der Waals surface area contributed by atoms with Crippen LogP contribution in [0.3, 0.4) is 0 Å². The summed E-state index contributed by atoms with van der Waals surface area (Å²) < 4.78 is 44.2. The molecule has 0 fully saturated rings. The average Bonchev–Trinajstić information content (AvgIpc) is 2.75. The molecule has 1 aromatic carbocycles. The number of carbonyl (C=O) groups is 3. The molecule has 0 aromatic heterocycles. The van der Waals surface area contributed by atoms with Gasteiger partial charge in [0.25, 0.3) is 16.4 Å². The number of nitrogens with one attached hydrogen (secondary N) is 1. The Bertz CT molecular complexity index is 902. The van der Waals surface area contributed by atoms with Gasteiger partial charge in [0.2, 0.25) is 5.91 Å². The van der Waals surface area contributed by atoms with E-state index >= 15 is 0 Å². The van der Waals surface area contributed by atoms with Gasteiger partial charge in [-0.2, -0.15) is 8.42 Å². The van der Waals surface area contributed by atoms with Crippen molar-refractivity contribution < 1.29 is 46.3 Å². The van der Waals surface area contributed by atoms with Crippen molar-refractivity contribution >= 4 is 28.1 Å². The monoisotopic (exact) mass is 503 g/mol. The second-order valence-electron chi connectivity index (χ2n) is 8.19. The van der Waals surface area contributed by atoms with Gasteiger partial charge in [0, 0.05) is 25.3 Å². The summed E-state index contributed by atoms with van der Waals surface area (Å²) in [5, 5.41) is 12.9. The lowest BCUT2D eigenvalue weighted by Crippen LogP contribution is -2.43. The maximum absolute atomic E-state index is 12.5. The first-order valence-corrected chi connectivity index (χ1v) is 12.4. The van der Waals surface area contributed by atoms with Crippen LogP contribution in [0.1, 0.15) is 47.0 Å². The standard InChI is InChI=1S/C22H33NO10S/c1-5-10-18(33-21(27)31-17-11-7-6-8-12-17)32-20(26)19(25)22(3,4)15-30-34(28,29)14-9-13-23-16(2)24/h6-8,11-12,18-19,25H,5,9-10,13-15H2,1-4H3,(H,23,24)/t18?,19-/m0/s1. The number of rotatable bonds is 14. The second kappa shape index (κ2) is 13.9. The maximum Gasteiger partial charge on any atom is 0.516 e. The highest BCUT2D eigenvalue weighted by Crippen LogP contribution is 2.24. The molecule has 0 aliphatic carbocycles. The summed E-state index contributed by atoms with van der Waals surface area (Å²) in [7, 11) is -3.95. The van der Waals surface area contributed by atoms with Gasteiger partial charge in [-0.15, -0.1) is 0 Å². The van der Waals surface area contributed by atoms with Crippen LogP contribution in [0.25, 0.3) is 0 Å². The Kier molecular flexibility index (Phi) is 12.0. The van der Waals surface area contributed by atoms with Gasteiger partial charge in [0.15, 0.2) is 6.10 Å². The van der Waals surface area contributed by atoms with Crippen LogP contribution in [0.2, 0.25) is 0 Å². The maximum atomic E-state index is 12.5. The number of ether oxygens (including phenoxy) is 3. The van der Waals surface area contributed by atoms with Crippen molar-refractivity contribution in [1.82, 2.24) is 5.32 Å². The van der Waals surface area contributed by atoms with Crippen molar-refractivity contribution in [1.29, 1.82) is 0 Å². The summed E-state index contributed by atoms with van der Waals surface area (Å²) in [5.41, 5.74) is -1.34. The number of carbonyl (C=O) groups excluding carboxylic acids is 3. The van der Waals surface area contributed by atoms with Crippen LogP contribution in [-0.4, -0.2) is 62.9 Å². The van der Waals surface area contributed by atoms with Crippen LogP contribution in [0.5, 0.6) is 5.75 Å². The third-order valence-electron chi connectivity index (χ3n) is 4.46. The van der Waals surface area contributed by atoms with Gasteiger partial charge in [-0.25, -0.2) is 9.59 Å². The number of aliphatic hydroxyl groups excluding tert-OH is 1. The smallest absolute Gasteiger partial charge is 0.423 e. The zero-order valence-electron chi connectivity index (χ0n) is 19.8. The molecule has 11 nitrogen and oxygen atoms in total. The molecule has 0 saturated carbocycles. The topological polar surface area (TPSA) is 155 Å². The Morgan fingerprint density at radius 3 is 2.35 bits per heavy atom. The summed E-state index contributed by atoms with van der Waals surface area (Å²) in [6.07, 6.45) is -3.37. The molecule has 0 aliphatic heterocycles. The van der Waals surface area contributed by atoms with E-state index in [2.05, 4.69) is 5.32 Å². The third kappa shape index (κ3) is 11.4. The highest BCUT2D eigenvalue weighted by atomic mass is 32.2. The minimum absolute atomic E-state index is 0.141. The summed E-state index contributed by atoms with van der Waals surface area (Å²) in [5.74, 6) is -1.49. The number of benzene rings is 1. The van der Waals surface area contributed by atoms with Crippen LogP contribution in [0.15, 0.2) is 30.3 Å². The van der Waals surface area contributed by atoms with Gasteiger partial charge >= 0.3 is 12.1 Å². The van der Waals surface area contributed by atoms with E-state index in [1.165, 1.54) is 20.8 Å². The summed E-state index contributed by atoms with van der Waals surface area (Å²) in [6, 6.07) is 8.15. The van der Waals surface area contributed by atoms with Gasteiger partial charge in [0.05, 0.1) is 12.4 Å². The molecule has 0 spiro atoms. The number of amides is 1. The first-order chi connectivity index (χ1) is 15.9. The average molecular weight is 504 g/mol. The van der Waals surface area contributed by atoms with Crippen molar-refractivity contribution in [3.05, 3.63) is 30.3 Å². The molecule has 0 radical (unpaired) electrons. The van der Waals surface area contributed by atoms with Gasteiger partial charge in [-0.05, 0) is 25.0 Å².